The van der Waals surface area contributed by atoms with E-state index in [9.17, 15) is 24.0 Å². The zero-order chi connectivity index (χ0) is 25.8. The molecule has 1 saturated heterocycles. The van der Waals surface area contributed by atoms with E-state index in [1.807, 2.05) is 32.9 Å². The summed E-state index contributed by atoms with van der Waals surface area (Å²) in [6.45, 7) is 6.36. The molecule has 1 heterocycles. The van der Waals surface area contributed by atoms with Crippen LogP contribution in [0.2, 0.25) is 0 Å². The molecule has 0 unspecified atom stereocenters. The van der Waals surface area contributed by atoms with Gasteiger partial charge in [0.15, 0.2) is 6.61 Å². The van der Waals surface area contributed by atoms with Crippen molar-refractivity contribution < 1.29 is 28.7 Å². The molecule has 0 atom stereocenters. The normalized spacial score (nSPS) is 21.6. The molecule has 5 amide bonds. The summed E-state index contributed by atoms with van der Waals surface area (Å²) >= 11 is 0. The van der Waals surface area contributed by atoms with E-state index >= 15 is 0 Å². The van der Waals surface area contributed by atoms with E-state index in [-0.39, 0.29) is 6.54 Å². The van der Waals surface area contributed by atoms with Crippen LogP contribution in [0.3, 0.4) is 0 Å². The Kier molecular flexibility index (Phi) is 8.14. The molecular weight excluding hydrogens is 452 g/mol. The summed E-state index contributed by atoms with van der Waals surface area (Å²) < 4.78 is 4.92. The van der Waals surface area contributed by atoms with Gasteiger partial charge in [0.1, 0.15) is 12.1 Å². The molecule has 35 heavy (non-hydrogen) atoms. The lowest BCUT2D eigenvalue weighted by Gasteiger charge is -2.34. The van der Waals surface area contributed by atoms with E-state index in [1.165, 1.54) is 0 Å². The van der Waals surface area contributed by atoms with Crippen LogP contribution in [-0.4, -0.2) is 59.9 Å². The molecule has 2 fully saturated rings. The highest BCUT2D eigenvalue weighted by Gasteiger charge is 2.52. The Morgan fingerprint density at radius 1 is 1.09 bits per heavy atom. The van der Waals surface area contributed by atoms with Crippen LogP contribution in [0, 0.1) is 26.7 Å². The van der Waals surface area contributed by atoms with Gasteiger partial charge in [-0.15, -0.1) is 0 Å². The van der Waals surface area contributed by atoms with Gasteiger partial charge in [-0.2, -0.15) is 0 Å². The van der Waals surface area contributed by atoms with Gasteiger partial charge in [0.05, 0.1) is 6.54 Å². The number of ether oxygens (including phenoxy) is 1. The molecule has 10 nitrogen and oxygen atoms in total. The standard InChI is InChI=1S/C25H34N4O6/c1-5-18-6-8-25(9-7-18)23(33)29(24(34)28-25)13-21(32)35-14-20(31)26-12-19(30)27-22-16(3)10-15(2)11-17(22)4/h10-11,18H,5-9,12-14H2,1-4H3,(H,26,31)(H,27,30)(H,28,34). The molecule has 0 radical (unpaired) electrons. The van der Waals surface area contributed by atoms with E-state index in [2.05, 4.69) is 22.9 Å². The van der Waals surface area contributed by atoms with Gasteiger partial charge < -0.3 is 20.7 Å². The first-order valence-electron chi connectivity index (χ1n) is 12.0. The predicted octanol–water partition coefficient (Wildman–Crippen LogP) is 2.10. The van der Waals surface area contributed by atoms with E-state index in [4.69, 9.17) is 4.74 Å². The molecule has 1 aromatic carbocycles. The van der Waals surface area contributed by atoms with E-state index in [0.717, 1.165) is 40.9 Å². The number of hydrogen-bond acceptors (Lipinski definition) is 6. The molecule has 1 saturated carbocycles. The summed E-state index contributed by atoms with van der Waals surface area (Å²) in [4.78, 5) is 62.5. The molecule has 0 aromatic heterocycles. The zero-order valence-corrected chi connectivity index (χ0v) is 20.8. The Hall–Kier alpha value is -3.43. The Bertz CT molecular complexity index is 1010. The van der Waals surface area contributed by atoms with Crippen molar-refractivity contribution in [2.45, 2.75) is 65.3 Å². The maximum atomic E-state index is 12.9. The topological polar surface area (TPSA) is 134 Å². The van der Waals surface area contributed by atoms with Crippen LogP contribution < -0.4 is 16.0 Å². The molecule has 2 aliphatic rings. The SMILES string of the molecule is CCC1CCC2(CC1)NC(=O)N(CC(=O)OCC(=O)NCC(=O)Nc1c(C)cc(C)cc1C)C2=O. The van der Waals surface area contributed by atoms with Crippen LogP contribution in [0.4, 0.5) is 10.5 Å². The van der Waals surface area contributed by atoms with Crippen molar-refractivity contribution in [3.8, 4) is 0 Å². The summed E-state index contributed by atoms with van der Waals surface area (Å²) in [6, 6.07) is 3.28. The molecule has 190 valence electrons. The third-order valence-corrected chi connectivity index (χ3v) is 6.82. The van der Waals surface area contributed by atoms with E-state index in [0.29, 0.717) is 24.4 Å². The number of rotatable bonds is 8. The average Bonchev–Trinajstić information content (AvgIpc) is 3.03. The summed E-state index contributed by atoms with van der Waals surface area (Å²) in [7, 11) is 0. The lowest BCUT2D eigenvalue weighted by molar-refractivity contribution is -0.151. The van der Waals surface area contributed by atoms with Gasteiger partial charge in [-0.1, -0.05) is 31.0 Å². The van der Waals surface area contributed by atoms with Crippen molar-refractivity contribution in [2.24, 2.45) is 5.92 Å². The van der Waals surface area contributed by atoms with Crippen molar-refractivity contribution >= 4 is 35.4 Å². The van der Waals surface area contributed by atoms with E-state index in [1.54, 1.807) is 0 Å². The van der Waals surface area contributed by atoms with Gasteiger partial charge in [0.2, 0.25) is 5.91 Å². The minimum absolute atomic E-state index is 0.294. The summed E-state index contributed by atoms with van der Waals surface area (Å²) in [5.74, 6) is -1.84. The number of benzene rings is 1. The lowest BCUT2D eigenvalue weighted by atomic mass is 9.75. The van der Waals surface area contributed by atoms with Crippen LogP contribution in [0.1, 0.15) is 55.7 Å². The summed E-state index contributed by atoms with van der Waals surface area (Å²) in [5.41, 5.74) is 2.66. The van der Waals surface area contributed by atoms with Crippen LogP contribution in [0.5, 0.6) is 0 Å². The minimum atomic E-state index is -0.943. The minimum Gasteiger partial charge on any atom is -0.454 e. The highest BCUT2D eigenvalue weighted by Crippen LogP contribution is 2.37. The second-order valence-electron chi connectivity index (χ2n) is 9.51. The smallest absolute Gasteiger partial charge is 0.326 e. The maximum Gasteiger partial charge on any atom is 0.326 e. The average molecular weight is 487 g/mol. The van der Waals surface area contributed by atoms with Gasteiger partial charge in [-0.05, 0) is 63.5 Å². The number of carbonyl (C=O) groups is 5. The highest BCUT2D eigenvalue weighted by molar-refractivity contribution is 6.08. The van der Waals surface area contributed by atoms with Crippen molar-refractivity contribution in [3.05, 3.63) is 28.8 Å². The molecule has 0 bridgehead atoms. The molecule has 1 aliphatic heterocycles. The van der Waals surface area contributed by atoms with Crippen LogP contribution in [-0.2, 0) is 23.9 Å². The van der Waals surface area contributed by atoms with Gasteiger partial charge in [-0.25, -0.2) is 4.79 Å². The predicted molar refractivity (Wildman–Crippen MR) is 128 cm³/mol. The number of amides is 5. The molecule has 1 aliphatic carbocycles. The number of carbonyl (C=O) groups excluding carboxylic acids is 5. The fourth-order valence-corrected chi connectivity index (χ4v) is 4.85. The maximum absolute atomic E-state index is 12.9. The second-order valence-corrected chi connectivity index (χ2v) is 9.51. The number of urea groups is 1. The van der Waals surface area contributed by atoms with Gasteiger partial charge in [0, 0.05) is 5.69 Å². The van der Waals surface area contributed by atoms with Crippen LogP contribution in [0.15, 0.2) is 12.1 Å². The number of esters is 1. The largest absolute Gasteiger partial charge is 0.454 e. The summed E-state index contributed by atoms with van der Waals surface area (Å²) in [5, 5.41) is 7.91. The van der Waals surface area contributed by atoms with Crippen molar-refractivity contribution in [3.63, 3.8) is 0 Å². The zero-order valence-electron chi connectivity index (χ0n) is 20.8. The molecule has 3 rings (SSSR count). The first-order valence-corrected chi connectivity index (χ1v) is 12.0. The second kappa shape index (κ2) is 10.9. The number of imide groups is 1. The first kappa shape index (κ1) is 26.2. The van der Waals surface area contributed by atoms with Crippen LogP contribution in [0.25, 0.3) is 0 Å². The van der Waals surface area contributed by atoms with Gasteiger partial charge in [0.25, 0.3) is 11.8 Å². The number of aryl methyl sites for hydroxylation is 3. The van der Waals surface area contributed by atoms with Gasteiger partial charge in [-0.3, -0.25) is 24.1 Å². The number of nitrogens with zero attached hydrogens (tertiary/aromatic N) is 1. The number of anilines is 1. The third kappa shape index (κ3) is 6.17. The van der Waals surface area contributed by atoms with Gasteiger partial charge >= 0.3 is 12.0 Å². The Morgan fingerprint density at radius 2 is 1.71 bits per heavy atom. The van der Waals surface area contributed by atoms with Crippen LogP contribution >= 0.6 is 0 Å². The molecule has 3 N–H and O–H groups in total. The third-order valence-electron chi connectivity index (χ3n) is 6.82. The molecule has 10 heteroatoms. The fourth-order valence-electron chi connectivity index (χ4n) is 4.85. The molecule has 1 aromatic rings. The molecular formula is C25H34N4O6. The molecule has 1 spiro atoms. The first-order chi connectivity index (χ1) is 16.5. The Balaban J connectivity index is 1.42. The fraction of sp³-hybridized carbons (Fsp3) is 0.560. The van der Waals surface area contributed by atoms with Crippen molar-refractivity contribution in [1.82, 2.24) is 15.5 Å². The van der Waals surface area contributed by atoms with E-state index < -0.39 is 48.4 Å². The lowest BCUT2D eigenvalue weighted by Crippen LogP contribution is -2.49. The number of hydrogen-bond donors (Lipinski definition) is 3. The van der Waals surface area contributed by atoms with Crippen molar-refractivity contribution in [2.75, 3.05) is 25.0 Å². The Labute approximate surface area is 205 Å². The van der Waals surface area contributed by atoms with Crippen molar-refractivity contribution in [1.29, 1.82) is 0 Å². The highest BCUT2D eigenvalue weighted by atomic mass is 16.5. The quantitative estimate of drug-likeness (QED) is 0.381. The Morgan fingerprint density at radius 3 is 2.31 bits per heavy atom. The monoisotopic (exact) mass is 486 g/mol. The number of nitrogens with one attached hydrogen (secondary N) is 3. The summed E-state index contributed by atoms with van der Waals surface area (Å²) in [6.07, 6.45) is 3.82.